The second kappa shape index (κ2) is 8.06. The van der Waals surface area contributed by atoms with Gasteiger partial charge in [0.2, 0.25) is 11.8 Å². The van der Waals surface area contributed by atoms with Crippen LogP contribution in [0.5, 0.6) is 0 Å². The number of amides is 1. The van der Waals surface area contributed by atoms with E-state index in [4.69, 9.17) is 9.26 Å². The molecule has 1 atom stereocenters. The van der Waals surface area contributed by atoms with Crippen molar-refractivity contribution in [1.82, 2.24) is 15.0 Å². The second-order valence-corrected chi connectivity index (χ2v) is 6.14. The highest BCUT2D eigenvalue weighted by Crippen LogP contribution is 2.25. The van der Waals surface area contributed by atoms with Crippen molar-refractivity contribution in [3.8, 4) is 0 Å². The van der Waals surface area contributed by atoms with Gasteiger partial charge in [0.25, 0.3) is 0 Å². The molecule has 0 spiro atoms. The molecule has 1 saturated heterocycles. The average molecular weight is 329 g/mol. The third-order valence-corrected chi connectivity index (χ3v) is 4.28. The minimum Gasteiger partial charge on any atom is -0.376 e. The number of carbonyl (C=O) groups is 1. The Morgan fingerprint density at radius 2 is 2.21 bits per heavy atom. The number of nitrogens with zero attached hydrogens (tertiary/aromatic N) is 3. The van der Waals surface area contributed by atoms with E-state index in [0.29, 0.717) is 37.9 Å². The van der Waals surface area contributed by atoms with E-state index in [9.17, 15) is 4.79 Å². The normalized spacial score (nSPS) is 17.9. The molecule has 0 radical (unpaired) electrons. The molecule has 128 valence electrons. The molecule has 0 N–H and O–H groups in total. The zero-order valence-electron chi connectivity index (χ0n) is 14.0. The Morgan fingerprint density at radius 1 is 1.38 bits per heavy atom. The van der Waals surface area contributed by atoms with Crippen molar-refractivity contribution < 1.29 is 14.1 Å². The fourth-order valence-corrected chi connectivity index (χ4v) is 2.93. The molecule has 6 heteroatoms. The van der Waals surface area contributed by atoms with Gasteiger partial charge in [-0.15, -0.1) is 0 Å². The van der Waals surface area contributed by atoms with Crippen LogP contribution in [0.4, 0.5) is 0 Å². The number of aromatic nitrogens is 2. The first-order chi connectivity index (χ1) is 11.7. The predicted molar refractivity (Wildman–Crippen MR) is 88.3 cm³/mol. The van der Waals surface area contributed by atoms with E-state index < -0.39 is 0 Å². The van der Waals surface area contributed by atoms with Crippen LogP contribution in [0.1, 0.15) is 43.0 Å². The number of hydrogen-bond acceptors (Lipinski definition) is 5. The Hall–Kier alpha value is -2.21. The third-order valence-electron chi connectivity index (χ3n) is 4.28. The van der Waals surface area contributed by atoms with E-state index in [1.807, 2.05) is 35.2 Å². The summed E-state index contributed by atoms with van der Waals surface area (Å²) in [6, 6.07) is 10.1. The van der Waals surface area contributed by atoms with Gasteiger partial charge >= 0.3 is 0 Å². The van der Waals surface area contributed by atoms with Crippen molar-refractivity contribution in [3.63, 3.8) is 0 Å². The summed E-state index contributed by atoms with van der Waals surface area (Å²) in [5.41, 5.74) is 1.15. The van der Waals surface area contributed by atoms with Gasteiger partial charge in [0.05, 0.1) is 19.1 Å². The van der Waals surface area contributed by atoms with E-state index in [-0.39, 0.29) is 11.8 Å². The van der Waals surface area contributed by atoms with Crippen LogP contribution in [0.25, 0.3) is 0 Å². The van der Waals surface area contributed by atoms with Crippen LogP contribution in [-0.4, -0.2) is 40.6 Å². The molecule has 2 aromatic rings. The van der Waals surface area contributed by atoms with Crippen LogP contribution >= 0.6 is 0 Å². The van der Waals surface area contributed by atoms with Gasteiger partial charge in [0, 0.05) is 26.4 Å². The van der Waals surface area contributed by atoms with Crippen LogP contribution in [0.2, 0.25) is 0 Å². The second-order valence-electron chi connectivity index (χ2n) is 6.14. The zero-order chi connectivity index (χ0) is 16.8. The number of carbonyl (C=O) groups excluding carboxylic acids is 1. The Morgan fingerprint density at radius 3 is 3.00 bits per heavy atom. The monoisotopic (exact) mass is 329 g/mol. The smallest absolute Gasteiger partial charge is 0.231 e. The summed E-state index contributed by atoms with van der Waals surface area (Å²) in [5.74, 6) is 1.56. The summed E-state index contributed by atoms with van der Waals surface area (Å²) < 4.78 is 11.0. The average Bonchev–Trinajstić information content (AvgIpc) is 3.09. The van der Waals surface area contributed by atoms with Crippen molar-refractivity contribution in [3.05, 3.63) is 47.6 Å². The predicted octanol–water partition coefficient (Wildman–Crippen LogP) is 2.55. The Kier molecular flexibility index (Phi) is 5.59. The van der Waals surface area contributed by atoms with Gasteiger partial charge < -0.3 is 14.2 Å². The molecule has 0 aliphatic carbocycles. The standard InChI is InChI=1S/C18H23N3O3/c1-14(22)21-10-5-8-16(12-21)18-19-17(20-24-18)9-11-23-13-15-6-3-2-4-7-15/h2-4,6-7,16H,5,8-13H2,1H3. The molecule has 0 bridgehead atoms. The number of piperidine rings is 1. The van der Waals surface area contributed by atoms with Gasteiger partial charge in [-0.1, -0.05) is 35.5 Å². The molecule has 1 aromatic carbocycles. The summed E-state index contributed by atoms with van der Waals surface area (Å²) in [5, 5.41) is 4.04. The maximum absolute atomic E-state index is 11.5. The lowest BCUT2D eigenvalue weighted by atomic mass is 9.98. The molecule has 6 nitrogen and oxygen atoms in total. The quantitative estimate of drug-likeness (QED) is 0.762. The third kappa shape index (κ3) is 4.41. The molecule has 2 heterocycles. The number of benzene rings is 1. The van der Waals surface area contributed by atoms with Crippen LogP contribution in [0.15, 0.2) is 34.9 Å². The number of rotatable bonds is 6. The highest BCUT2D eigenvalue weighted by molar-refractivity contribution is 5.73. The molecule has 1 fully saturated rings. The van der Waals surface area contributed by atoms with Gasteiger partial charge in [-0.2, -0.15) is 4.98 Å². The topological polar surface area (TPSA) is 68.5 Å². The Labute approximate surface area is 141 Å². The van der Waals surface area contributed by atoms with Crippen LogP contribution in [0.3, 0.4) is 0 Å². The molecule has 24 heavy (non-hydrogen) atoms. The maximum atomic E-state index is 11.5. The first-order valence-corrected chi connectivity index (χ1v) is 8.42. The molecule has 1 amide bonds. The summed E-state index contributed by atoms with van der Waals surface area (Å²) >= 11 is 0. The van der Waals surface area contributed by atoms with Crippen molar-refractivity contribution in [2.24, 2.45) is 0 Å². The molecular formula is C18H23N3O3. The Bertz CT molecular complexity index is 657. The highest BCUT2D eigenvalue weighted by atomic mass is 16.5. The van der Waals surface area contributed by atoms with Crippen molar-refractivity contribution in [2.75, 3.05) is 19.7 Å². The van der Waals surface area contributed by atoms with Crippen molar-refractivity contribution in [2.45, 2.75) is 38.7 Å². The number of ether oxygens (including phenoxy) is 1. The van der Waals surface area contributed by atoms with Gasteiger partial charge in [0.15, 0.2) is 5.82 Å². The summed E-state index contributed by atoms with van der Waals surface area (Å²) in [6.45, 7) is 4.23. The zero-order valence-corrected chi connectivity index (χ0v) is 14.0. The molecule has 0 saturated carbocycles. The minimum atomic E-state index is 0.105. The van der Waals surface area contributed by atoms with E-state index >= 15 is 0 Å². The maximum Gasteiger partial charge on any atom is 0.231 e. The Balaban J connectivity index is 1.46. The fraction of sp³-hybridized carbons (Fsp3) is 0.500. The highest BCUT2D eigenvalue weighted by Gasteiger charge is 2.27. The van der Waals surface area contributed by atoms with Crippen LogP contribution < -0.4 is 0 Å². The summed E-state index contributed by atoms with van der Waals surface area (Å²) in [4.78, 5) is 17.8. The number of likely N-dealkylation sites (tertiary alicyclic amines) is 1. The lowest BCUT2D eigenvalue weighted by molar-refractivity contribution is -0.130. The van der Waals surface area contributed by atoms with Crippen molar-refractivity contribution in [1.29, 1.82) is 0 Å². The van der Waals surface area contributed by atoms with E-state index in [1.165, 1.54) is 0 Å². The van der Waals surface area contributed by atoms with E-state index in [2.05, 4.69) is 10.1 Å². The van der Waals surface area contributed by atoms with Gasteiger partial charge in [-0.25, -0.2) is 0 Å². The first-order valence-electron chi connectivity index (χ1n) is 8.42. The fourth-order valence-electron chi connectivity index (χ4n) is 2.93. The lowest BCUT2D eigenvalue weighted by Crippen LogP contribution is -2.37. The molecule has 1 aliphatic rings. The van der Waals surface area contributed by atoms with Crippen LogP contribution in [-0.2, 0) is 22.6 Å². The first kappa shape index (κ1) is 16.6. The SMILES string of the molecule is CC(=O)N1CCCC(c2nc(CCOCc3ccccc3)no2)C1. The van der Waals surface area contributed by atoms with Gasteiger partial charge in [0.1, 0.15) is 0 Å². The largest absolute Gasteiger partial charge is 0.376 e. The molecule has 1 aliphatic heterocycles. The molecular weight excluding hydrogens is 306 g/mol. The van der Waals surface area contributed by atoms with E-state index in [0.717, 1.165) is 24.9 Å². The lowest BCUT2D eigenvalue weighted by Gasteiger charge is -2.29. The molecule has 1 aromatic heterocycles. The van der Waals surface area contributed by atoms with E-state index in [1.54, 1.807) is 6.92 Å². The van der Waals surface area contributed by atoms with Crippen molar-refractivity contribution >= 4 is 5.91 Å². The summed E-state index contributed by atoms with van der Waals surface area (Å²) in [6.07, 6.45) is 2.58. The molecule has 3 rings (SSSR count). The van der Waals surface area contributed by atoms with Gasteiger partial charge in [-0.3, -0.25) is 4.79 Å². The number of hydrogen-bond donors (Lipinski definition) is 0. The molecule has 1 unspecified atom stereocenters. The van der Waals surface area contributed by atoms with Gasteiger partial charge in [-0.05, 0) is 18.4 Å². The van der Waals surface area contributed by atoms with Crippen LogP contribution in [0, 0.1) is 0 Å². The summed E-state index contributed by atoms with van der Waals surface area (Å²) in [7, 11) is 0. The minimum absolute atomic E-state index is 0.105.